The van der Waals surface area contributed by atoms with E-state index in [1.165, 1.54) is 0 Å². The second-order valence-electron chi connectivity index (χ2n) is 6.75. The number of anilines is 1. The molecule has 2 aromatic carbocycles. The number of nitriles is 1. The van der Waals surface area contributed by atoms with E-state index in [4.69, 9.17) is 15.0 Å². The Balaban J connectivity index is 0.00000300. The van der Waals surface area contributed by atoms with Crippen LogP contribution in [0.5, 0.6) is 5.75 Å². The summed E-state index contributed by atoms with van der Waals surface area (Å²) in [6, 6.07) is 18.2. The molecule has 0 spiro atoms. The normalized spacial score (nSPS) is 16.0. The SMILES string of the molecule is CCNC(=NCc1ccc(C#N)cc1)NC1CCN(c2ccccc2OC)C1.I. The van der Waals surface area contributed by atoms with Crippen molar-refractivity contribution in [2.75, 3.05) is 31.6 Å². The van der Waals surface area contributed by atoms with Gasteiger partial charge in [-0.15, -0.1) is 24.0 Å². The molecule has 0 saturated carbocycles. The fraction of sp³-hybridized carbons (Fsp3) is 0.364. The maximum absolute atomic E-state index is 8.90. The molecule has 2 N–H and O–H groups in total. The van der Waals surface area contributed by atoms with Crippen molar-refractivity contribution < 1.29 is 4.74 Å². The van der Waals surface area contributed by atoms with Crippen molar-refractivity contribution >= 4 is 35.6 Å². The first-order valence-electron chi connectivity index (χ1n) is 9.65. The zero-order valence-corrected chi connectivity index (χ0v) is 19.2. The maximum atomic E-state index is 8.90. The molecule has 1 aliphatic rings. The van der Waals surface area contributed by atoms with Crippen molar-refractivity contribution in [2.45, 2.75) is 25.9 Å². The fourth-order valence-corrected chi connectivity index (χ4v) is 3.36. The Labute approximate surface area is 190 Å². The Bertz CT molecular complexity index is 847. The quantitative estimate of drug-likeness (QED) is 0.357. The highest BCUT2D eigenvalue weighted by molar-refractivity contribution is 14.0. The minimum Gasteiger partial charge on any atom is -0.495 e. The van der Waals surface area contributed by atoms with Crippen molar-refractivity contribution in [2.24, 2.45) is 4.99 Å². The van der Waals surface area contributed by atoms with Crippen LogP contribution in [0, 0.1) is 11.3 Å². The van der Waals surface area contributed by atoms with E-state index in [0.717, 1.165) is 49.0 Å². The van der Waals surface area contributed by atoms with Crippen LogP contribution >= 0.6 is 24.0 Å². The van der Waals surface area contributed by atoms with Crippen LogP contribution in [0.1, 0.15) is 24.5 Å². The Morgan fingerprint density at radius 1 is 1.24 bits per heavy atom. The first-order valence-corrected chi connectivity index (χ1v) is 9.65. The predicted molar refractivity (Wildman–Crippen MR) is 128 cm³/mol. The number of hydrogen-bond acceptors (Lipinski definition) is 4. The third-order valence-corrected chi connectivity index (χ3v) is 4.80. The highest BCUT2D eigenvalue weighted by Crippen LogP contribution is 2.30. The number of nitrogens with one attached hydrogen (secondary N) is 2. The van der Waals surface area contributed by atoms with Gasteiger partial charge in [-0.25, -0.2) is 4.99 Å². The van der Waals surface area contributed by atoms with Gasteiger partial charge in [0.25, 0.3) is 0 Å². The summed E-state index contributed by atoms with van der Waals surface area (Å²) in [4.78, 5) is 7.05. The molecule has 0 radical (unpaired) electrons. The van der Waals surface area contributed by atoms with Gasteiger partial charge in [-0.1, -0.05) is 24.3 Å². The van der Waals surface area contributed by atoms with E-state index in [1.54, 1.807) is 7.11 Å². The molecule has 7 heteroatoms. The Kier molecular flexibility index (Phi) is 9.06. The zero-order chi connectivity index (χ0) is 19.8. The predicted octanol–water partition coefficient (Wildman–Crippen LogP) is 3.52. The number of guanidine groups is 1. The number of methoxy groups -OCH3 is 1. The molecule has 6 nitrogen and oxygen atoms in total. The summed E-state index contributed by atoms with van der Waals surface area (Å²) in [6.45, 7) is 5.33. The molecule has 2 aromatic rings. The topological polar surface area (TPSA) is 72.7 Å². The summed E-state index contributed by atoms with van der Waals surface area (Å²) in [5, 5.41) is 15.8. The van der Waals surface area contributed by atoms with Crippen LogP contribution in [0.15, 0.2) is 53.5 Å². The van der Waals surface area contributed by atoms with Gasteiger partial charge in [-0.2, -0.15) is 5.26 Å². The van der Waals surface area contributed by atoms with Crippen molar-refractivity contribution in [3.63, 3.8) is 0 Å². The largest absolute Gasteiger partial charge is 0.495 e. The van der Waals surface area contributed by atoms with Crippen molar-refractivity contribution in [3.05, 3.63) is 59.7 Å². The molecule has 1 atom stereocenters. The van der Waals surface area contributed by atoms with Gasteiger partial charge in [0.1, 0.15) is 5.75 Å². The van der Waals surface area contributed by atoms with Gasteiger partial charge >= 0.3 is 0 Å². The highest BCUT2D eigenvalue weighted by atomic mass is 127. The number of benzene rings is 2. The molecule has 154 valence electrons. The molecule has 0 bridgehead atoms. The lowest BCUT2D eigenvalue weighted by molar-refractivity contribution is 0.415. The minimum absolute atomic E-state index is 0. The van der Waals surface area contributed by atoms with E-state index in [1.807, 2.05) is 42.5 Å². The lowest BCUT2D eigenvalue weighted by Gasteiger charge is -2.22. The molecule has 0 aliphatic carbocycles. The fourth-order valence-electron chi connectivity index (χ4n) is 3.36. The monoisotopic (exact) mass is 505 g/mol. The third-order valence-electron chi connectivity index (χ3n) is 4.80. The standard InChI is InChI=1S/C22H27N5O.HI/c1-3-24-22(25-15-18-10-8-17(14-23)9-11-18)26-19-12-13-27(16-19)20-6-4-5-7-21(20)28-2;/h4-11,19H,3,12-13,15-16H2,1-2H3,(H2,24,25,26);1H. The summed E-state index contributed by atoms with van der Waals surface area (Å²) in [6.07, 6.45) is 1.04. The number of para-hydroxylation sites is 2. The van der Waals surface area contributed by atoms with Crippen LogP contribution < -0.4 is 20.3 Å². The molecule has 0 aromatic heterocycles. The average molecular weight is 505 g/mol. The van der Waals surface area contributed by atoms with Gasteiger partial charge < -0.3 is 20.3 Å². The number of halogens is 1. The molecule has 1 saturated heterocycles. The number of aliphatic imine (C=N–C) groups is 1. The number of nitrogens with zero attached hydrogens (tertiary/aromatic N) is 3. The number of ether oxygens (including phenoxy) is 1. The summed E-state index contributed by atoms with van der Waals surface area (Å²) in [5.41, 5.74) is 2.88. The second-order valence-corrected chi connectivity index (χ2v) is 6.75. The summed E-state index contributed by atoms with van der Waals surface area (Å²) >= 11 is 0. The summed E-state index contributed by atoms with van der Waals surface area (Å²) in [5.74, 6) is 1.73. The van der Waals surface area contributed by atoms with Crippen LogP contribution in [0.3, 0.4) is 0 Å². The maximum Gasteiger partial charge on any atom is 0.191 e. The van der Waals surface area contributed by atoms with Gasteiger partial charge in [0.15, 0.2) is 5.96 Å². The minimum atomic E-state index is 0. The zero-order valence-electron chi connectivity index (χ0n) is 16.9. The van der Waals surface area contributed by atoms with Gasteiger partial charge in [0.05, 0.1) is 31.0 Å². The molecule has 0 amide bonds. The molecular formula is C22H28IN5O. The van der Waals surface area contributed by atoms with E-state index in [2.05, 4.69) is 34.6 Å². The van der Waals surface area contributed by atoms with Crippen LogP contribution in [0.2, 0.25) is 0 Å². The molecule has 1 aliphatic heterocycles. The smallest absolute Gasteiger partial charge is 0.191 e. The summed E-state index contributed by atoms with van der Waals surface area (Å²) in [7, 11) is 1.71. The molecular weight excluding hydrogens is 477 g/mol. The molecule has 29 heavy (non-hydrogen) atoms. The average Bonchev–Trinajstić information content (AvgIpc) is 3.21. The van der Waals surface area contributed by atoms with Gasteiger partial charge in [0.2, 0.25) is 0 Å². The summed E-state index contributed by atoms with van der Waals surface area (Å²) < 4.78 is 5.50. The van der Waals surface area contributed by atoms with E-state index < -0.39 is 0 Å². The van der Waals surface area contributed by atoms with E-state index in [9.17, 15) is 0 Å². The van der Waals surface area contributed by atoms with E-state index in [-0.39, 0.29) is 24.0 Å². The number of hydrogen-bond donors (Lipinski definition) is 2. The molecule has 1 fully saturated rings. The molecule has 3 rings (SSSR count). The number of rotatable bonds is 6. The Hall–Kier alpha value is -2.47. The van der Waals surface area contributed by atoms with Crippen LogP contribution in [-0.2, 0) is 6.54 Å². The van der Waals surface area contributed by atoms with Crippen LogP contribution in [0.25, 0.3) is 0 Å². The van der Waals surface area contributed by atoms with Crippen LogP contribution in [-0.4, -0.2) is 38.7 Å². The van der Waals surface area contributed by atoms with Crippen molar-refractivity contribution in [1.29, 1.82) is 5.26 Å². The van der Waals surface area contributed by atoms with E-state index >= 15 is 0 Å². The van der Waals surface area contributed by atoms with Gasteiger partial charge in [-0.05, 0) is 43.2 Å². The van der Waals surface area contributed by atoms with Gasteiger partial charge in [-0.3, -0.25) is 0 Å². The second kappa shape index (κ2) is 11.5. The van der Waals surface area contributed by atoms with Crippen LogP contribution in [0.4, 0.5) is 5.69 Å². The van der Waals surface area contributed by atoms with Gasteiger partial charge in [0, 0.05) is 25.7 Å². The lowest BCUT2D eigenvalue weighted by Crippen LogP contribution is -2.44. The third kappa shape index (κ3) is 6.26. The molecule has 1 unspecified atom stereocenters. The lowest BCUT2D eigenvalue weighted by atomic mass is 10.1. The van der Waals surface area contributed by atoms with Crippen molar-refractivity contribution in [3.8, 4) is 11.8 Å². The molecule has 1 heterocycles. The van der Waals surface area contributed by atoms with E-state index in [0.29, 0.717) is 18.2 Å². The first-order chi connectivity index (χ1) is 13.7. The Morgan fingerprint density at radius 3 is 2.69 bits per heavy atom. The van der Waals surface area contributed by atoms with Crippen molar-refractivity contribution in [1.82, 2.24) is 10.6 Å². The first kappa shape index (κ1) is 22.8. The highest BCUT2D eigenvalue weighted by Gasteiger charge is 2.25. The Morgan fingerprint density at radius 2 is 2.00 bits per heavy atom.